The number of hydrogen-bond donors (Lipinski definition) is 1. The van der Waals surface area contributed by atoms with E-state index in [1.807, 2.05) is 0 Å². The summed E-state index contributed by atoms with van der Waals surface area (Å²) in [4.78, 5) is 0. The summed E-state index contributed by atoms with van der Waals surface area (Å²) in [6, 6.07) is 2.00. The summed E-state index contributed by atoms with van der Waals surface area (Å²) >= 11 is 0. The average Bonchev–Trinajstić information content (AvgIpc) is 2.09. The number of aryl methyl sites for hydroxylation is 1. The zero-order chi connectivity index (χ0) is 11.6. The Hall–Kier alpha value is -1.10. The summed E-state index contributed by atoms with van der Waals surface area (Å²) in [5.41, 5.74) is 5.62. The van der Waals surface area contributed by atoms with Crippen molar-refractivity contribution in [3.05, 3.63) is 35.1 Å². The number of rotatable bonds is 2. The molecule has 0 radical (unpaired) electrons. The lowest BCUT2D eigenvalue weighted by molar-refractivity contribution is -0.147. The van der Waals surface area contributed by atoms with Crippen LogP contribution in [0.25, 0.3) is 0 Å². The second-order valence-electron chi connectivity index (χ2n) is 3.45. The van der Waals surface area contributed by atoms with Crippen molar-refractivity contribution in [1.82, 2.24) is 0 Å². The van der Waals surface area contributed by atoms with E-state index in [0.717, 1.165) is 6.07 Å². The molecule has 1 unspecified atom stereocenters. The van der Waals surface area contributed by atoms with Crippen molar-refractivity contribution in [2.75, 3.05) is 0 Å². The van der Waals surface area contributed by atoms with Gasteiger partial charge in [0.05, 0.1) is 0 Å². The van der Waals surface area contributed by atoms with Crippen molar-refractivity contribution >= 4 is 0 Å². The highest BCUT2D eigenvalue weighted by Gasteiger charge is 2.36. The van der Waals surface area contributed by atoms with Crippen molar-refractivity contribution in [3.63, 3.8) is 0 Å². The molecule has 84 valence electrons. The van der Waals surface area contributed by atoms with Gasteiger partial charge in [0.25, 0.3) is 0 Å². The molecule has 0 saturated heterocycles. The van der Waals surface area contributed by atoms with Gasteiger partial charge < -0.3 is 5.73 Å². The molecule has 0 aliphatic carbocycles. The Morgan fingerprint density at radius 2 is 1.93 bits per heavy atom. The summed E-state index contributed by atoms with van der Waals surface area (Å²) in [5, 5.41) is 0. The normalized spacial score (nSPS) is 14.0. The molecule has 0 saturated carbocycles. The van der Waals surface area contributed by atoms with E-state index in [1.54, 1.807) is 6.92 Å². The standard InChI is InChI=1S/C10H11F4N/c1-6-2-3-8(11)7(4-6)5-9(15)10(12,13)14/h2-4,9H,5,15H2,1H3. The molecule has 2 N–H and O–H groups in total. The van der Waals surface area contributed by atoms with Gasteiger partial charge in [-0.25, -0.2) is 4.39 Å². The third kappa shape index (κ3) is 3.20. The Morgan fingerprint density at radius 3 is 2.47 bits per heavy atom. The van der Waals surface area contributed by atoms with E-state index in [9.17, 15) is 17.6 Å². The highest BCUT2D eigenvalue weighted by molar-refractivity contribution is 5.25. The molecule has 1 aromatic rings. The minimum absolute atomic E-state index is 0.000162. The number of hydrogen-bond acceptors (Lipinski definition) is 1. The lowest BCUT2D eigenvalue weighted by atomic mass is 10.0. The van der Waals surface area contributed by atoms with Crippen LogP contribution in [0.1, 0.15) is 11.1 Å². The molecule has 1 aromatic carbocycles. The van der Waals surface area contributed by atoms with Gasteiger partial charge in [-0.15, -0.1) is 0 Å². The van der Waals surface area contributed by atoms with Crippen molar-refractivity contribution in [3.8, 4) is 0 Å². The van der Waals surface area contributed by atoms with Crippen LogP contribution in [0.2, 0.25) is 0 Å². The molecule has 1 atom stereocenters. The fourth-order valence-electron chi connectivity index (χ4n) is 1.21. The van der Waals surface area contributed by atoms with Crippen LogP contribution in [0.5, 0.6) is 0 Å². The lowest BCUT2D eigenvalue weighted by Gasteiger charge is -2.15. The maximum absolute atomic E-state index is 13.1. The molecule has 5 heteroatoms. The molecule has 0 spiro atoms. The first kappa shape index (κ1) is 12.0. The van der Waals surface area contributed by atoms with Gasteiger partial charge in [0.1, 0.15) is 11.9 Å². The molecule has 0 aliphatic rings. The quantitative estimate of drug-likeness (QED) is 0.763. The highest BCUT2D eigenvalue weighted by atomic mass is 19.4. The average molecular weight is 221 g/mol. The van der Waals surface area contributed by atoms with Crippen LogP contribution >= 0.6 is 0 Å². The highest BCUT2D eigenvalue weighted by Crippen LogP contribution is 2.22. The van der Waals surface area contributed by atoms with E-state index in [0.29, 0.717) is 5.56 Å². The Balaban J connectivity index is 2.85. The number of nitrogens with two attached hydrogens (primary N) is 1. The summed E-state index contributed by atoms with van der Waals surface area (Å²) < 4.78 is 49.5. The van der Waals surface area contributed by atoms with E-state index >= 15 is 0 Å². The zero-order valence-electron chi connectivity index (χ0n) is 8.11. The molecular formula is C10H11F4N. The van der Waals surface area contributed by atoms with Crippen molar-refractivity contribution in [1.29, 1.82) is 0 Å². The zero-order valence-corrected chi connectivity index (χ0v) is 8.11. The first-order valence-corrected chi connectivity index (χ1v) is 4.38. The Morgan fingerprint density at radius 1 is 1.33 bits per heavy atom. The van der Waals surface area contributed by atoms with Crippen LogP contribution in [0.3, 0.4) is 0 Å². The third-order valence-electron chi connectivity index (χ3n) is 2.06. The lowest BCUT2D eigenvalue weighted by Crippen LogP contribution is -2.39. The van der Waals surface area contributed by atoms with Gasteiger partial charge in [-0.2, -0.15) is 13.2 Å². The molecule has 0 aliphatic heterocycles. The summed E-state index contributed by atoms with van der Waals surface area (Å²) in [5.74, 6) is -0.653. The predicted octanol–water partition coefficient (Wildman–Crippen LogP) is 2.57. The van der Waals surface area contributed by atoms with Gasteiger partial charge in [0.15, 0.2) is 0 Å². The van der Waals surface area contributed by atoms with E-state index in [2.05, 4.69) is 0 Å². The van der Waals surface area contributed by atoms with Gasteiger partial charge in [-0.3, -0.25) is 0 Å². The molecule has 15 heavy (non-hydrogen) atoms. The van der Waals surface area contributed by atoms with Crippen LogP contribution in [-0.2, 0) is 6.42 Å². The summed E-state index contributed by atoms with van der Waals surface area (Å²) in [6.07, 6.45) is -5.02. The minimum Gasteiger partial charge on any atom is -0.320 e. The molecule has 0 fully saturated rings. The fraction of sp³-hybridized carbons (Fsp3) is 0.400. The van der Waals surface area contributed by atoms with E-state index in [1.165, 1.54) is 12.1 Å². The number of halogens is 4. The van der Waals surface area contributed by atoms with Crippen LogP contribution in [0.15, 0.2) is 18.2 Å². The maximum Gasteiger partial charge on any atom is 0.403 e. The van der Waals surface area contributed by atoms with E-state index < -0.39 is 24.5 Å². The molecule has 0 amide bonds. The fourth-order valence-corrected chi connectivity index (χ4v) is 1.21. The van der Waals surface area contributed by atoms with Crippen molar-refractivity contribution < 1.29 is 17.6 Å². The van der Waals surface area contributed by atoms with Crippen molar-refractivity contribution in [2.45, 2.75) is 25.6 Å². The smallest absolute Gasteiger partial charge is 0.320 e. The SMILES string of the molecule is Cc1ccc(F)c(CC(N)C(F)(F)F)c1. The monoisotopic (exact) mass is 221 g/mol. The van der Waals surface area contributed by atoms with Crippen molar-refractivity contribution in [2.24, 2.45) is 5.73 Å². The Labute approximate surface area is 84.9 Å². The first-order chi connectivity index (χ1) is 6.80. The third-order valence-corrected chi connectivity index (χ3v) is 2.06. The van der Waals surface area contributed by atoms with E-state index in [-0.39, 0.29) is 5.56 Å². The number of benzene rings is 1. The summed E-state index contributed by atoms with van der Waals surface area (Å²) in [6.45, 7) is 1.68. The molecule has 1 rings (SSSR count). The van der Waals surface area contributed by atoms with Gasteiger partial charge in [-0.05, 0) is 25.0 Å². The first-order valence-electron chi connectivity index (χ1n) is 4.38. The molecule has 0 heterocycles. The van der Waals surface area contributed by atoms with Gasteiger partial charge in [0, 0.05) is 0 Å². The van der Waals surface area contributed by atoms with Crippen LogP contribution < -0.4 is 5.73 Å². The van der Waals surface area contributed by atoms with Crippen LogP contribution in [0.4, 0.5) is 17.6 Å². The molecule has 1 nitrogen and oxygen atoms in total. The minimum atomic E-state index is -4.49. The predicted molar refractivity (Wildman–Crippen MR) is 48.9 cm³/mol. The second-order valence-corrected chi connectivity index (χ2v) is 3.45. The van der Waals surface area contributed by atoms with Crippen LogP contribution in [0, 0.1) is 12.7 Å². The molecular weight excluding hydrogens is 210 g/mol. The molecule has 0 bridgehead atoms. The van der Waals surface area contributed by atoms with E-state index in [4.69, 9.17) is 5.73 Å². The summed E-state index contributed by atoms with van der Waals surface area (Å²) in [7, 11) is 0. The van der Waals surface area contributed by atoms with Gasteiger partial charge in [-0.1, -0.05) is 17.7 Å². The number of alkyl halides is 3. The second kappa shape index (κ2) is 4.18. The van der Waals surface area contributed by atoms with Gasteiger partial charge >= 0.3 is 6.18 Å². The largest absolute Gasteiger partial charge is 0.403 e. The Kier molecular flexibility index (Phi) is 3.34. The van der Waals surface area contributed by atoms with Gasteiger partial charge in [0.2, 0.25) is 0 Å². The van der Waals surface area contributed by atoms with Crippen LogP contribution in [-0.4, -0.2) is 12.2 Å². The maximum atomic E-state index is 13.1. The molecule has 0 aromatic heterocycles. The Bertz CT molecular complexity index is 346. The topological polar surface area (TPSA) is 26.0 Å².